The van der Waals surface area contributed by atoms with Crippen molar-refractivity contribution in [3.05, 3.63) is 24.0 Å². The summed E-state index contributed by atoms with van der Waals surface area (Å²) in [6, 6.07) is 3.66. The Morgan fingerprint density at radius 3 is 2.67 bits per heavy atom. The molecule has 1 aliphatic carbocycles. The van der Waals surface area contributed by atoms with Crippen LogP contribution in [0.5, 0.6) is 0 Å². The number of rotatable bonds is 3. The standard InChI is InChI=1S/C13H19N3OS/c1-18-11-5-3-10(4-6-11)16-13(17)12-7-2-9(14)8-15-12/h2,7-8,10-11H,3-6,14H2,1H3,(H,16,17). The largest absolute Gasteiger partial charge is 0.397 e. The van der Waals surface area contributed by atoms with E-state index in [9.17, 15) is 4.79 Å². The number of carbonyl (C=O) groups excluding carboxylic acids is 1. The molecule has 0 atom stereocenters. The van der Waals surface area contributed by atoms with Crippen LogP contribution in [-0.4, -0.2) is 28.4 Å². The van der Waals surface area contributed by atoms with E-state index < -0.39 is 0 Å². The van der Waals surface area contributed by atoms with Crippen molar-refractivity contribution in [2.24, 2.45) is 0 Å². The number of aromatic nitrogens is 1. The summed E-state index contributed by atoms with van der Waals surface area (Å²) < 4.78 is 0. The summed E-state index contributed by atoms with van der Waals surface area (Å²) >= 11 is 1.93. The zero-order chi connectivity index (χ0) is 13.0. The molecule has 0 radical (unpaired) electrons. The molecule has 3 N–H and O–H groups in total. The number of nitrogens with two attached hydrogens (primary N) is 1. The monoisotopic (exact) mass is 265 g/mol. The van der Waals surface area contributed by atoms with E-state index in [-0.39, 0.29) is 5.91 Å². The first-order valence-electron chi connectivity index (χ1n) is 6.24. The van der Waals surface area contributed by atoms with Crippen molar-refractivity contribution >= 4 is 23.4 Å². The van der Waals surface area contributed by atoms with Crippen LogP contribution < -0.4 is 11.1 Å². The van der Waals surface area contributed by atoms with Crippen LogP contribution in [-0.2, 0) is 0 Å². The van der Waals surface area contributed by atoms with E-state index >= 15 is 0 Å². The molecule has 0 aromatic carbocycles. The highest BCUT2D eigenvalue weighted by molar-refractivity contribution is 7.99. The number of carbonyl (C=O) groups is 1. The highest BCUT2D eigenvalue weighted by Crippen LogP contribution is 2.26. The Morgan fingerprint density at radius 1 is 1.39 bits per heavy atom. The van der Waals surface area contributed by atoms with Crippen LogP contribution in [0.15, 0.2) is 18.3 Å². The van der Waals surface area contributed by atoms with Crippen LogP contribution in [0.2, 0.25) is 0 Å². The molecule has 1 aliphatic rings. The Labute approximate surface area is 112 Å². The SMILES string of the molecule is CSC1CCC(NC(=O)c2ccc(N)cn2)CC1. The van der Waals surface area contributed by atoms with Gasteiger partial charge in [0.1, 0.15) is 5.69 Å². The van der Waals surface area contributed by atoms with E-state index in [2.05, 4.69) is 16.6 Å². The van der Waals surface area contributed by atoms with Gasteiger partial charge < -0.3 is 11.1 Å². The average Bonchev–Trinajstić information content (AvgIpc) is 2.40. The molecule has 2 rings (SSSR count). The van der Waals surface area contributed by atoms with Crippen LogP contribution in [0.3, 0.4) is 0 Å². The third-order valence-electron chi connectivity index (χ3n) is 3.36. The van der Waals surface area contributed by atoms with Crippen LogP contribution in [0.25, 0.3) is 0 Å². The van der Waals surface area contributed by atoms with Crippen LogP contribution in [0.4, 0.5) is 5.69 Å². The average molecular weight is 265 g/mol. The molecule has 0 saturated heterocycles. The molecule has 1 heterocycles. The van der Waals surface area contributed by atoms with Gasteiger partial charge in [0.25, 0.3) is 5.91 Å². The topological polar surface area (TPSA) is 68.0 Å². The van der Waals surface area contributed by atoms with Gasteiger partial charge in [-0.1, -0.05) is 0 Å². The summed E-state index contributed by atoms with van der Waals surface area (Å²) in [6.07, 6.45) is 8.16. The molecule has 98 valence electrons. The number of pyridine rings is 1. The fraction of sp³-hybridized carbons (Fsp3) is 0.538. The first kappa shape index (κ1) is 13.2. The number of hydrogen-bond acceptors (Lipinski definition) is 4. The minimum Gasteiger partial charge on any atom is -0.397 e. The Kier molecular flexibility index (Phi) is 4.47. The van der Waals surface area contributed by atoms with Gasteiger partial charge in [0.15, 0.2) is 0 Å². The van der Waals surface area contributed by atoms with Crippen molar-refractivity contribution in [2.75, 3.05) is 12.0 Å². The lowest BCUT2D eigenvalue weighted by Gasteiger charge is -2.27. The first-order chi connectivity index (χ1) is 8.69. The van der Waals surface area contributed by atoms with Crippen molar-refractivity contribution in [1.82, 2.24) is 10.3 Å². The number of hydrogen-bond donors (Lipinski definition) is 2. The van der Waals surface area contributed by atoms with E-state index in [1.165, 1.54) is 19.0 Å². The molecule has 1 aromatic rings. The number of nitrogens with zero attached hydrogens (tertiary/aromatic N) is 1. The van der Waals surface area contributed by atoms with Crippen molar-refractivity contribution in [1.29, 1.82) is 0 Å². The molecule has 0 spiro atoms. The quantitative estimate of drug-likeness (QED) is 0.878. The Hall–Kier alpha value is -1.23. The van der Waals surface area contributed by atoms with Gasteiger partial charge in [0, 0.05) is 11.3 Å². The Balaban J connectivity index is 1.86. The second-order valence-electron chi connectivity index (χ2n) is 4.66. The van der Waals surface area contributed by atoms with E-state index in [1.54, 1.807) is 12.1 Å². The van der Waals surface area contributed by atoms with E-state index in [0.717, 1.165) is 18.1 Å². The van der Waals surface area contributed by atoms with Gasteiger partial charge in [0.2, 0.25) is 0 Å². The summed E-state index contributed by atoms with van der Waals surface area (Å²) in [5, 5.41) is 3.80. The minimum absolute atomic E-state index is 0.0948. The maximum absolute atomic E-state index is 12.0. The molecule has 4 nitrogen and oxygen atoms in total. The minimum atomic E-state index is -0.0948. The van der Waals surface area contributed by atoms with Gasteiger partial charge in [-0.15, -0.1) is 0 Å². The second kappa shape index (κ2) is 6.09. The molecule has 5 heteroatoms. The molecular weight excluding hydrogens is 246 g/mol. The summed E-state index contributed by atoms with van der Waals surface area (Å²) in [6.45, 7) is 0. The predicted molar refractivity (Wildman–Crippen MR) is 75.7 cm³/mol. The maximum atomic E-state index is 12.0. The smallest absolute Gasteiger partial charge is 0.270 e. The third kappa shape index (κ3) is 3.38. The highest BCUT2D eigenvalue weighted by atomic mass is 32.2. The maximum Gasteiger partial charge on any atom is 0.270 e. The molecule has 1 amide bonds. The van der Waals surface area contributed by atoms with E-state index in [4.69, 9.17) is 5.73 Å². The molecule has 1 saturated carbocycles. The third-order valence-corrected chi connectivity index (χ3v) is 4.50. The molecule has 1 aromatic heterocycles. The van der Waals surface area contributed by atoms with Gasteiger partial charge in [-0.05, 0) is 44.1 Å². The zero-order valence-electron chi connectivity index (χ0n) is 10.6. The molecule has 0 aliphatic heterocycles. The van der Waals surface area contributed by atoms with Crippen molar-refractivity contribution in [2.45, 2.75) is 37.0 Å². The normalized spacial score (nSPS) is 23.6. The molecular formula is C13H19N3OS. The molecule has 1 fully saturated rings. The van der Waals surface area contributed by atoms with Gasteiger partial charge in [-0.3, -0.25) is 4.79 Å². The fourth-order valence-corrected chi connectivity index (χ4v) is 2.99. The lowest BCUT2D eigenvalue weighted by Crippen LogP contribution is -2.38. The second-order valence-corrected chi connectivity index (χ2v) is 5.80. The number of nitrogen functional groups attached to an aromatic ring is 1. The van der Waals surface area contributed by atoms with E-state index in [0.29, 0.717) is 17.4 Å². The first-order valence-corrected chi connectivity index (χ1v) is 7.53. The lowest BCUT2D eigenvalue weighted by atomic mass is 9.95. The van der Waals surface area contributed by atoms with Gasteiger partial charge in [-0.2, -0.15) is 11.8 Å². The summed E-state index contributed by atoms with van der Waals surface area (Å²) in [5.41, 5.74) is 6.56. The van der Waals surface area contributed by atoms with Gasteiger partial charge in [0.05, 0.1) is 11.9 Å². The van der Waals surface area contributed by atoms with Gasteiger partial charge in [-0.25, -0.2) is 4.98 Å². The number of anilines is 1. The van der Waals surface area contributed by atoms with E-state index in [1.807, 2.05) is 11.8 Å². The predicted octanol–water partition coefficient (Wildman–Crippen LogP) is 2.07. The lowest BCUT2D eigenvalue weighted by molar-refractivity contribution is 0.0923. The fourth-order valence-electron chi connectivity index (χ4n) is 2.24. The van der Waals surface area contributed by atoms with Crippen LogP contribution in [0.1, 0.15) is 36.2 Å². The van der Waals surface area contributed by atoms with Crippen molar-refractivity contribution in [3.8, 4) is 0 Å². The van der Waals surface area contributed by atoms with Crippen LogP contribution in [0, 0.1) is 0 Å². The zero-order valence-corrected chi connectivity index (χ0v) is 11.4. The van der Waals surface area contributed by atoms with Crippen molar-refractivity contribution in [3.63, 3.8) is 0 Å². The van der Waals surface area contributed by atoms with Crippen LogP contribution >= 0.6 is 11.8 Å². The molecule has 0 bridgehead atoms. The summed E-state index contributed by atoms with van der Waals surface area (Å²) in [7, 11) is 0. The summed E-state index contributed by atoms with van der Waals surface area (Å²) in [5.74, 6) is -0.0948. The number of nitrogens with one attached hydrogen (secondary N) is 1. The Bertz CT molecular complexity index is 399. The van der Waals surface area contributed by atoms with Crippen molar-refractivity contribution < 1.29 is 4.79 Å². The summed E-state index contributed by atoms with van der Waals surface area (Å²) in [4.78, 5) is 16.0. The number of thioether (sulfide) groups is 1. The van der Waals surface area contributed by atoms with Gasteiger partial charge >= 0.3 is 0 Å². The molecule has 0 unspecified atom stereocenters. The molecule has 18 heavy (non-hydrogen) atoms. The highest BCUT2D eigenvalue weighted by Gasteiger charge is 2.22. The Morgan fingerprint density at radius 2 is 2.11 bits per heavy atom. The number of amides is 1.